The lowest BCUT2D eigenvalue weighted by atomic mass is 9.87. The van der Waals surface area contributed by atoms with Crippen LogP contribution in [0.5, 0.6) is 5.75 Å². The molecule has 1 aromatic rings. The first-order chi connectivity index (χ1) is 8.68. The van der Waals surface area contributed by atoms with Crippen molar-refractivity contribution < 1.29 is 17.9 Å². The van der Waals surface area contributed by atoms with Gasteiger partial charge in [0.15, 0.2) is 0 Å². The number of hydrogen-bond acceptors (Lipinski definition) is 2. The van der Waals surface area contributed by atoms with Gasteiger partial charge in [0.25, 0.3) is 0 Å². The fourth-order valence-electron chi connectivity index (χ4n) is 1.78. The molecule has 0 saturated carbocycles. The number of nitrogens with two attached hydrogens (primary N) is 1. The van der Waals surface area contributed by atoms with Gasteiger partial charge in [-0.3, -0.25) is 0 Å². The Balaban J connectivity index is 3.27. The second-order valence-electron chi connectivity index (χ2n) is 4.43. The lowest BCUT2D eigenvalue weighted by Crippen LogP contribution is -2.23. The first kappa shape index (κ1) is 15.8. The minimum Gasteiger partial charge on any atom is -0.496 e. The summed E-state index contributed by atoms with van der Waals surface area (Å²) in [6.07, 6.45) is -4.38. The molecule has 2 nitrogen and oxygen atoms in total. The molecule has 0 aliphatic heterocycles. The van der Waals surface area contributed by atoms with Crippen molar-refractivity contribution in [2.24, 2.45) is 11.7 Å². The Labute approximate surface area is 115 Å². The van der Waals surface area contributed by atoms with Crippen LogP contribution < -0.4 is 10.5 Å². The Hall–Kier alpha value is -1.30. The standard InChI is InChI=1S/C13H16F3NOS/c1-7(8(2)12(17)19)10-6-9(13(14,15)16)4-5-11(10)18-3/h4-8H,1-3H3,(H2,17,19). The molecule has 0 spiro atoms. The van der Waals surface area contributed by atoms with Crippen molar-refractivity contribution in [3.05, 3.63) is 29.3 Å². The van der Waals surface area contributed by atoms with Crippen molar-refractivity contribution in [1.29, 1.82) is 0 Å². The Kier molecular flexibility index (Phi) is 4.79. The molecule has 2 unspecified atom stereocenters. The van der Waals surface area contributed by atoms with Crippen molar-refractivity contribution in [1.82, 2.24) is 0 Å². The Morgan fingerprint density at radius 1 is 1.32 bits per heavy atom. The van der Waals surface area contributed by atoms with Gasteiger partial charge in [-0.2, -0.15) is 13.2 Å². The van der Waals surface area contributed by atoms with Gasteiger partial charge in [-0.05, 0) is 29.7 Å². The van der Waals surface area contributed by atoms with Crippen molar-refractivity contribution in [3.63, 3.8) is 0 Å². The van der Waals surface area contributed by atoms with Gasteiger partial charge in [-0.15, -0.1) is 0 Å². The minimum absolute atomic E-state index is 0.215. The van der Waals surface area contributed by atoms with Crippen molar-refractivity contribution in [2.45, 2.75) is 25.9 Å². The molecule has 19 heavy (non-hydrogen) atoms. The van der Waals surface area contributed by atoms with E-state index in [4.69, 9.17) is 22.7 Å². The second-order valence-corrected chi connectivity index (χ2v) is 4.91. The molecular weight excluding hydrogens is 275 g/mol. The van der Waals surface area contributed by atoms with Crippen LogP contribution in [0.4, 0.5) is 13.2 Å². The van der Waals surface area contributed by atoms with Crippen molar-refractivity contribution >= 4 is 17.2 Å². The third kappa shape index (κ3) is 3.59. The van der Waals surface area contributed by atoms with Crippen LogP contribution in [0.2, 0.25) is 0 Å². The van der Waals surface area contributed by atoms with Gasteiger partial charge in [0, 0.05) is 5.92 Å². The van der Waals surface area contributed by atoms with Crippen LogP contribution in [0.25, 0.3) is 0 Å². The second kappa shape index (κ2) is 5.77. The van der Waals surface area contributed by atoms with E-state index in [2.05, 4.69) is 0 Å². The number of methoxy groups -OCH3 is 1. The number of thiocarbonyl (C=S) groups is 1. The smallest absolute Gasteiger partial charge is 0.416 e. The summed E-state index contributed by atoms with van der Waals surface area (Å²) in [5.41, 5.74) is 5.31. The summed E-state index contributed by atoms with van der Waals surface area (Å²) >= 11 is 4.89. The number of rotatable bonds is 4. The normalized spacial score (nSPS) is 14.8. The van der Waals surface area contributed by atoms with E-state index in [-0.39, 0.29) is 16.8 Å². The summed E-state index contributed by atoms with van der Waals surface area (Å²) < 4.78 is 43.3. The van der Waals surface area contributed by atoms with Gasteiger partial charge >= 0.3 is 6.18 Å². The fraction of sp³-hybridized carbons (Fsp3) is 0.462. The zero-order valence-electron chi connectivity index (χ0n) is 10.9. The molecule has 0 heterocycles. The number of hydrogen-bond donors (Lipinski definition) is 1. The Bertz CT molecular complexity index is 473. The van der Waals surface area contributed by atoms with Crippen LogP contribution in [0.15, 0.2) is 18.2 Å². The monoisotopic (exact) mass is 291 g/mol. The molecule has 1 rings (SSSR count). The van der Waals surface area contributed by atoms with Gasteiger partial charge in [0.1, 0.15) is 5.75 Å². The molecular formula is C13H16F3NOS. The molecule has 106 valence electrons. The summed E-state index contributed by atoms with van der Waals surface area (Å²) in [7, 11) is 1.42. The largest absolute Gasteiger partial charge is 0.496 e. The molecule has 0 bridgehead atoms. The molecule has 1 aromatic carbocycles. The molecule has 0 aliphatic carbocycles. The molecule has 0 aromatic heterocycles. The van der Waals surface area contributed by atoms with E-state index in [0.29, 0.717) is 11.3 Å². The van der Waals surface area contributed by atoms with E-state index in [0.717, 1.165) is 12.1 Å². The molecule has 6 heteroatoms. The van der Waals surface area contributed by atoms with Crippen LogP contribution in [0, 0.1) is 5.92 Å². The summed E-state index contributed by atoms with van der Waals surface area (Å²) in [6, 6.07) is 3.42. The summed E-state index contributed by atoms with van der Waals surface area (Å²) in [5.74, 6) is -0.0641. The van der Waals surface area contributed by atoms with Gasteiger partial charge in [0.05, 0.1) is 17.7 Å². The molecule has 0 radical (unpaired) electrons. The predicted molar refractivity (Wildman–Crippen MR) is 72.4 cm³/mol. The summed E-state index contributed by atoms with van der Waals surface area (Å²) in [4.78, 5) is 0.270. The van der Waals surface area contributed by atoms with Crippen LogP contribution >= 0.6 is 12.2 Å². The van der Waals surface area contributed by atoms with E-state index in [9.17, 15) is 13.2 Å². The molecule has 0 amide bonds. The third-order valence-electron chi connectivity index (χ3n) is 3.25. The van der Waals surface area contributed by atoms with Crippen LogP contribution in [0.1, 0.15) is 30.9 Å². The van der Waals surface area contributed by atoms with E-state index in [1.165, 1.54) is 13.2 Å². The number of benzene rings is 1. The van der Waals surface area contributed by atoms with Crippen molar-refractivity contribution in [2.75, 3.05) is 7.11 Å². The van der Waals surface area contributed by atoms with Gasteiger partial charge in [-0.25, -0.2) is 0 Å². The Morgan fingerprint density at radius 2 is 1.89 bits per heavy atom. The zero-order chi connectivity index (χ0) is 14.8. The molecule has 0 aliphatic rings. The van der Waals surface area contributed by atoms with Crippen LogP contribution in [0.3, 0.4) is 0 Å². The quantitative estimate of drug-likeness (QED) is 0.858. The average molecular weight is 291 g/mol. The van der Waals surface area contributed by atoms with Crippen LogP contribution in [-0.4, -0.2) is 12.1 Å². The third-order valence-corrected chi connectivity index (χ3v) is 3.62. The molecule has 0 saturated heterocycles. The maximum atomic E-state index is 12.7. The van der Waals surface area contributed by atoms with Gasteiger partial charge < -0.3 is 10.5 Å². The fourth-order valence-corrected chi connectivity index (χ4v) is 1.99. The minimum atomic E-state index is -4.38. The van der Waals surface area contributed by atoms with Crippen molar-refractivity contribution in [3.8, 4) is 5.75 Å². The summed E-state index contributed by atoms with van der Waals surface area (Å²) in [6.45, 7) is 3.56. The topological polar surface area (TPSA) is 35.2 Å². The highest BCUT2D eigenvalue weighted by Crippen LogP contribution is 2.37. The lowest BCUT2D eigenvalue weighted by molar-refractivity contribution is -0.137. The maximum Gasteiger partial charge on any atom is 0.416 e. The zero-order valence-corrected chi connectivity index (χ0v) is 11.7. The predicted octanol–water partition coefficient (Wildman–Crippen LogP) is 3.74. The highest BCUT2D eigenvalue weighted by Gasteiger charge is 2.32. The van der Waals surface area contributed by atoms with Crippen LogP contribution in [-0.2, 0) is 6.18 Å². The SMILES string of the molecule is COc1ccc(C(F)(F)F)cc1C(C)C(C)C(N)=S. The first-order valence-corrected chi connectivity index (χ1v) is 6.13. The molecule has 0 fully saturated rings. The number of halogens is 3. The number of ether oxygens (including phenoxy) is 1. The average Bonchev–Trinajstić information content (AvgIpc) is 2.34. The van der Waals surface area contributed by atoms with E-state index in [1.807, 2.05) is 0 Å². The summed E-state index contributed by atoms with van der Waals surface area (Å²) in [5, 5.41) is 0. The van der Waals surface area contributed by atoms with E-state index in [1.54, 1.807) is 13.8 Å². The van der Waals surface area contributed by atoms with Gasteiger partial charge in [0.2, 0.25) is 0 Å². The molecule has 2 atom stereocenters. The maximum absolute atomic E-state index is 12.7. The highest BCUT2D eigenvalue weighted by molar-refractivity contribution is 7.80. The van der Waals surface area contributed by atoms with E-state index >= 15 is 0 Å². The Morgan fingerprint density at radius 3 is 2.32 bits per heavy atom. The number of alkyl halides is 3. The van der Waals surface area contributed by atoms with E-state index < -0.39 is 11.7 Å². The first-order valence-electron chi connectivity index (χ1n) is 5.73. The lowest BCUT2D eigenvalue weighted by Gasteiger charge is -2.22. The van der Waals surface area contributed by atoms with Gasteiger partial charge in [-0.1, -0.05) is 26.1 Å². The highest BCUT2D eigenvalue weighted by atomic mass is 32.1. The molecule has 2 N–H and O–H groups in total.